The van der Waals surface area contributed by atoms with Gasteiger partial charge in [-0.15, -0.1) is 11.8 Å². The number of piperazine rings is 1. The fraction of sp³-hybridized carbons (Fsp3) is 0.455. The van der Waals surface area contributed by atoms with E-state index in [4.69, 9.17) is 11.6 Å². The van der Waals surface area contributed by atoms with Gasteiger partial charge in [-0.1, -0.05) is 11.6 Å². The van der Waals surface area contributed by atoms with Crippen molar-refractivity contribution in [2.75, 3.05) is 32.4 Å². The van der Waals surface area contributed by atoms with Gasteiger partial charge in [0.1, 0.15) is 0 Å². The molecule has 7 heteroatoms. The monoisotopic (exact) mass is 306 g/mol. The Morgan fingerprint density at radius 2 is 2.00 bits per heavy atom. The van der Waals surface area contributed by atoms with Crippen molar-refractivity contribution in [3.8, 4) is 0 Å². The summed E-state index contributed by atoms with van der Waals surface area (Å²) in [6.45, 7) is 2.39. The summed E-state index contributed by atoms with van der Waals surface area (Å²) in [6.07, 6.45) is 1.91. The van der Waals surface area contributed by atoms with E-state index >= 15 is 0 Å². The first-order valence-electron chi connectivity index (χ1n) is 5.60. The lowest BCUT2D eigenvalue weighted by Gasteiger charge is -2.26. The summed E-state index contributed by atoms with van der Waals surface area (Å²) in [4.78, 5) is 1.16. The molecule has 1 aliphatic rings. The molecule has 1 fully saturated rings. The predicted octanol–water partition coefficient (Wildman–Crippen LogP) is 1.66. The van der Waals surface area contributed by atoms with Crippen LogP contribution in [0.2, 0.25) is 5.02 Å². The number of nitrogens with zero attached hydrogens (tertiary/aromatic N) is 1. The minimum Gasteiger partial charge on any atom is -0.314 e. The van der Waals surface area contributed by atoms with Crippen molar-refractivity contribution < 1.29 is 8.42 Å². The highest BCUT2D eigenvalue weighted by Gasteiger charge is 2.26. The lowest BCUT2D eigenvalue weighted by Crippen LogP contribution is -2.46. The maximum absolute atomic E-state index is 12.4. The normalized spacial score (nSPS) is 17.9. The van der Waals surface area contributed by atoms with Crippen LogP contribution in [0.5, 0.6) is 0 Å². The van der Waals surface area contributed by atoms with Gasteiger partial charge in [-0.25, -0.2) is 8.42 Å². The molecule has 1 aromatic rings. The third-order valence-corrected chi connectivity index (χ3v) is 5.95. The largest absolute Gasteiger partial charge is 0.314 e. The third kappa shape index (κ3) is 2.83. The van der Waals surface area contributed by atoms with Crippen LogP contribution in [0.25, 0.3) is 0 Å². The van der Waals surface area contributed by atoms with Crippen LogP contribution < -0.4 is 5.32 Å². The lowest BCUT2D eigenvalue weighted by atomic mass is 10.4. The van der Waals surface area contributed by atoms with Gasteiger partial charge in [0.2, 0.25) is 10.0 Å². The molecule has 0 bridgehead atoms. The Balaban J connectivity index is 2.32. The number of hydrogen-bond acceptors (Lipinski definition) is 4. The number of halogens is 1. The topological polar surface area (TPSA) is 49.4 Å². The molecule has 0 saturated carbocycles. The molecule has 2 rings (SSSR count). The smallest absolute Gasteiger partial charge is 0.243 e. The Hall–Kier alpha value is -0.270. The molecule has 4 nitrogen and oxygen atoms in total. The van der Waals surface area contributed by atoms with Gasteiger partial charge in [-0.2, -0.15) is 4.31 Å². The predicted molar refractivity (Wildman–Crippen MR) is 74.9 cm³/mol. The van der Waals surface area contributed by atoms with Crippen LogP contribution in [0, 0.1) is 0 Å². The number of benzene rings is 1. The van der Waals surface area contributed by atoms with Crippen LogP contribution in [0.4, 0.5) is 0 Å². The molecule has 0 aliphatic carbocycles. The van der Waals surface area contributed by atoms with Crippen molar-refractivity contribution in [1.29, 1.82) is 0 Å². The molecule has 0 radical (unpaired) electrons. The van der Waals surface area contributed by atoms with Gasteiger partial charge in [0, 0.05) is 31.1 Å². The van der Waals surface area contributed by atoms with Gasteiger partial charge in [-0.3, -0.25) is 0 Å². The number of rotatable bonds is 3. The van der Waals surface area contributed by atoms with Gasteiger partial charge in [-0.05, 0) is 24.5 Å². The summed E-state index contributed by atoms with van der Waals surface area (Å²) in [5, 5.41) is 3.62. The zero-order chi connectivity index (χ0) is 13.2. The van der Waals surface area contributed by atoms with Crippen molar-refractivity contribution in [3.05, 3.63) is 23.2 Å². The maximum Gasteiger partial charge on any atom is 0.243 e. The second kappa shape index (κ2) is 5.79. The highest BCUT2D eigenvalue weighted by atomic mass is 35.5. The van der Waals surface area contributed by atoms with Crippen LogP contribution in [0.15, 0.2) is 28.0 Å². The van der Waals surface area contributed by atoms with Gasteiger partial charge >= 0.3 is 0 Å². The van der Waals surface area contributed by atoms with Crippen LogP contribution in [-0.2, 0) is 10.0 Å². The molecule has 1 aromatic carbocycles. The van der Waals surface area contributed by atoms with Gasteiger partial charge in [0.15, 0.2) is 0 Å². The number of nitrogens with one attached hydrogen (secondary N) is 1. The van der Waals surface area contributed by atoms with Gasteiger partial charge in [0.05, 0.1) is 9.92 Å². The molecule has 1 aliphatic heterocycles. The zero-order valence-corrected chi connectivity index (χ0v) is 12.4. The highest BCUT2D eigenvalue weighted by Crippen LogP contribution is 2.28. The molecule has 0 amide bonds. The van der Waals surface area contributed by atoms with E-state index in [1.165, 1.54) is 22.1 Å². The minimum absolute atomic E-state index is 0.271. The Morgan fingerprint density at radius 1 is 1.33 bits per heavy atom. The molecule has 0 spiro atoms. The van der Waals surface area contributed by atoms with E-state index in [-0.39, 0.29) is 4.90 Å². The number of sulfonamides is 1. The van der Waals surface area contributed by atoms with Gasteiger partial charge in [0.25, 0.3) is 0 Å². The minimum atomic E-state index is -3.41. The fourth-order valence-corrected chi connectivity index (χ4v) is 4.24. The first kappa shape index (κ1) is 14.1. The number of thioether (sulfide) groups is 1. The molecule has 1 saturated heterocycles. The number of hydrogen-bond donors (Lipinski definition) is 1. The molecular weight excluding hydrogens is 292 g/mol. The first-order chi connectivity index (χ1) is 8.55. The fourth-order valence-electron chi connectivity index (χ4n) is 1.84. The Labute approximate surface area is 117 Å². The summed E-state index contributed by atoms with van der Waals surface area (Å²) >= 11 is 7.56. The lowest BCUT2D eigenvalue weighted by molar-refractivity contribution is 0.360. The first-order valence-corrected chi connectivity index (χ1v) is 8.64. The quantitative estimate of drug-likeness (QED) is 0.863. The highest BCUT2D eigenvalue weighted by molar-refractivity contribution is 7.98. The summed E-state index contributed by atoms with van der Waals surface area (Å²) in [6, 6.07) is 4.90. The van der Waals surface area contributed by atoms with Crippen molar-refractivity contribution in [3.63, 3.8) is 0 Å². The maximum atomic E-state index is 12.4. The summed E-state index contributed by atoms with van der Waals surface area (Å²) in [7, 11) is -3.41. The Morgan fingerprint density at radius 3 is 2.56 bits per heavy atom. The van der Waals surface area contributed by atoms with Crippen LogP contribution in [0.1, 0.15) is 0 Å². The van der Waals surface area contributed by atoms with Crippen molar-refractivity contribution in [1.82, 2.24) is 9.62 Å². The molecular formula is C11H15ClN2O2S2. The SMILES string of the molecule is CSc1ccc(S(=O)(=O)N2CCNCC2)cc1Cl. The Kier molecular flexibility index (Phi) is 4.55. The summed E-state index contributed by atoms with van der Waals surface area (Å²) < 4.78 is 26.2. The van der Waals surface area contributed by atoms with E-state index in [1.54, 1.807) is 12.1 Å². The van der Waals surface area contributed by atoms with E-state index in [1.807, 2.05) is 6.26 Å². The molecule has 0 aromatic heterocycles. The van der Waals surface area contributed by atoms with Crippen molar-refractivity contribution in [2.45, 2.75) is 9.79 Å². The average Bonchev–Trinajstić information content (AvgIpc) is 2.39. The van der Waals surface area contributed by atoms with Crippen LogP contribution >= 0.6 is 23.4 Å². The van der Waals surface area contributed by atoms with E-state index in [2.05, 4.69) is 5.32 Å². The van der Waals surface area contributed by atoms with Crippen molar-refractivity contribution in [2.24, 2.45) is 0 Å². The van der Waals surface area contributed by atoms with E-state index in [0.29, 0.717) is 31.2 Å². The van der Waals surface area contributed by atoms with E-state index < -0.39 is 10.0 Å². The molecule has 0 unspecified atom stereocenters. The zero-order valence-electron chi connectivity index (χ0n) is 10.0. The van der Waals surface area contributed by atoms with Crippen molar-refractivity contribution >= 4 is 33.4 Å². The van der Waals surface area contributed by atoms with Gasteiger partial charge < -0.3 is 5.32 Å². The second-order valence-electron chi connectivity index (χ2n) is 3.95. The Bertz CT molecular complexity index is 528. The standard InChI is InChI=1S/C11H15ClN2O2S2/c1-17-11-3-2-9(8-10(11)12)18(15,16)14-6-4-13-5-7-14/h2-3,8,13H,4-7H2,1H3. The molecule has 100 valence electrons. The van der Waals surface area contributed by atoms with Crippen LogP contribution in [-0.4, -0.2) is 45.2 Å². The van der Waals surface area contributed by atoms with Crippen LogP contribution in [0.3, 0.4) is 0 Å². The van der Waals surface area contributed by atoms with E-state index in [9.17, 15) is 8.42 Å². The summed E-state index contributed by atoms with van der Waals surface area (Å²) in [5.74, 6) is 0. The molecule has 1 heterocycles. The van der Waals surface area contributed by atoms with E-state index in [0.717, 1.165) is 4.90 Å². The molecule has 0 atom stereocenters. The molecule has 18 heavy (non-hydrogen) atoms. The molecule has 1 N–H and O–H groups in total. The summed E-state index contributed by atoms with van der Waals surface area (Å²) in [5.41, 5.74) is 0. The second-order valence-corrected chi connectivity index (χ2v) is 7.14. The third-order valence-electron chi connectivity index (χ3n) is 2.84. The average molecular weight is 307 g/mol.